The zero-order valence-corrected chi connectivity index (χ0v) is 13.5. The van der Waals surface area contributed by atoms with Crippen molar-refractivity contribution in [2.75, 3.05) is 20.2 Å². The molecule has 126 valence electrons. The standard InChI is InChI=1S/C18H20N2O4/c1-24-16-7-6-12-4-2-3-5-13(12)14(16)11-20-9-8-19-18(23)15(20)10-17(21)22/h2-7,15H,8-11H2,1H3,(H,19,23)(H,21,22). The molecular formula is C18H20N2O4. The Balaban J connectivity index is 1.98. The van der Waals surface area contributed by atoms with Crippen molar-refractivity contribution in [3.05, 3.63) is 42.0 Å². The first-order chi connectivity index (χ1) is 11.6. The number of rotatable bonds is 5. The van der Waals surface area contributed by atoms with Gasteiger partial charge in [-0.3, -0.25) is 14.5 Å². The van der Waals surface area contributed by atoms with Gasteiger partial charge in [-0.25, -0.2) is 0 Å². The lowest BCUT2D eigenvalue weighted by molar-refractivity contribution is -0.143. The van der Waals surface area contributed by atoms with Crippen molar-refractivity contribution in [1.29, 1.82) is 0 Å². The number of aliphatic carboxylic acids is 1. The Labute approximate surface area is 140 Å². The average molecular weight is 328 g/mol. The summed E-state index contributed by atoms with van der Waals surface area (Å²) < 4.78 is 5.49. The first-order valence-electron chi connectivity index (χ1n) is 7.88. The molecule has 0 bridgehead atoms. The maximum atomic E-state index is 12.1. The number of piperazine rings is 1. The third kappa shape index (κ3) is 3.19. The van der Waals surface area contributed by atoms with Crippen molar-refractivity contribution in [2.45, 2.75) is 19.0 Å². The second-order valence-corrected chi connectivity index (χ2v) is 5.84. The lowest BCUT2D eigenvalue weighted by Crippen LogP contribution is -2.55. The smallest absolute Gasteiger partial charge is 0.305 e. The monoisotopic (exact) mass is 328 g/mol. The fourth-order valence-electron chi connectivity index (χ4n) is 3.21. The minimum Gasteiger partial charge on any atom is -0.496 e. The predicted octanol–water partition coefficient (Wildman–Crippen LogP) is 1.62. The van der Waals surface area contributed by atoms with Crippen LogP contribution >= 0.6 is 0 Å². The van der Waals surface area contributed by atoms with E-state index in [1.807, 2.05) is 41.3 Å². The van der Waals surface area contributed by atoms with Crippen molar-refractivity contribution in [2.24, 2.45) is 0 Å². The third-order valence-corrected chi connectivity index (χ3v) is 4.39. The number of carboxylic acid groups (broad SMARTS) is 1. The summed E-state index contributed by atoms with van der Waals surface area (Å²) in [5.74, 6) is -0.469. The van der Waals surface area contributed by atoms with Gasteiger partial charge in [-0.2, -0.15) is 0 Å². The predicted molar refractivity (Wildman–Crippen MR) is 90.0 cm³/mol. The summed E-state index contributed by atoms with van der Waals surface area (Å²) in [6.07, 6.45) is -0.209. The van der Waals surface area contributed by atoms with E-state index in [1.54, 1.807) is 7.11 Å². The van der Waals surface area contributed by atoms with Crippen LogP contribution < -0.4 is 10.1 Å². The van der Waals surface area contributed by atoms with Gasteiger partial charge in [0, 0.05) is 25.2 Å². The van der Waals surface area contributed by atoms with Gasteiger partial charge in [0.25, 0.3) is 0 Å². The Kier molecular flexibility index (Phi) is 4.66. The molecule has 1 atom stereocenters. The molecule has 1 aliphatic heterocycles. The Bertz CT molecular complexity index is 775. The van der Waals surface area contributed by atoms with Crippen LogP contribution in [0.3, 0.4) is 0 Å². The summed E-state index contributed by atoms with van der Waals surface area (Å²) in [5, 5.41) is 14.0. The van der Waals surface area contributed by atoms with Crippen LogP contribution in [0.25, 0.3) is 10.8 Å². The van der Waals surface area contributed by atoms with Crippen molar-refractivity contribution in [3.63, 3.8) is 0 Å². The van der Waals surface area contributed by atoms with Crippen molar-refractivity contribution in [3.8, 4) is 5.75 Å². The number of nitrogens with zero attached hydrogens (tertiary/aromatic N) is 1. The van der Waals surface area contributed by atoms with Crippen LogP contribution in [0.5, 0.6) is 5.75 Å². The fraction of sp³-hybridized carbons (Fsp3) is 0.333. The third-order valence-electron chi connectivity index (χ3n) is 4.39. The number of amides is 1. The lowest BCUT2D eigenvalue weighted by Gasteiger charge is -2.34. The second-order valence-electron chi connectivity index (χ2n) is 5.84. The number of hydrogen-bond donors (Lipinski definition) is 2. The summed E-state index contributed by atoms with van der Waals surface area (Å²) in [7, 11) is 1.62. The zero-order valence-electron chi connectivity index (χ0n) is 13.5. The van der Waals surface area contributed by atoms with Gasteiger partial charge in [-0.1, -0.05) is 30.3 Å². The van der Waals surface area contributed by atoms with Gasteiger partial charge in [-0.15, -0.1) is 0 Å². The lowest BCUT2D eigenvalue weighted by atomic mass is 10.0. The van der Waals surface area contributed by atoms with E-state index in [9.17, 15) is 9.59 Å². The Hall–Kier alpha value is -2.60. The van der Waals surface area contributed by atoms with Crippen LogP contribution in [-0.4, -0.2) is 48.1 Å². The molecule has 6 nitrogen and oxygen atoms in total. The number of hydrogen-bond acceptors (Lipinski definition) is 4. The molecule has 1 unspecified atom stereocenters. The summed E-state index contributed by atoms with van der Waals surface area (Å²) in [4.78, 5) is 25.1. The van der Waals surface area contributed by atoms with E-state index >= 15 is 0 Å². The van der Waals surface area contributed by atoms with Crippen LogP contribution in [0.15, 0.2) is 36.4 Å². The number of carbonyl (C=O) groups is 2. The van der Waals surface area contributed by atoms with Gasteiger partial charge in [0.15, 0.2) is 0 Å². The molecule has 0 aliphatic carbocycles. The molecule has 3 rings (SSSR count). The Morgan fingerprint density at radius 2 is 2.12 bits per heavy atom. The molecule has 1 fully saturated rings. The summed E-state index contributed by atoms with van der Waals surface area (Å²) in [6, 6.07) is 11.2. The zero-order chi connectivity index (χ0) is 17.1. The summed E-state index contributed by atoms with van der Waals surface area (Å²) >= 11 is 0. The number of carboxylic acids is 1. The molecule has 0 aromatic heterocycles. The minimum atomic E-state index is -0.980. The molecule has 2 N–H and O–H groups in total. The highest BCUT2D eigenvalue weighted by molar-refractivity contribution is 5.89. The SMILES string of the molecule is COc1ccc2ccccc2c1CN1CCNC(=O)C1CC(=O)O. The van der Waals surface area contributed by atoms with Gasteiger partial charge >= 0.3 is 5.97 Å². The molecule has 1 saturated heterocycles. The second kappa shape index (κ2) is 6.88. The van der Waals surface area contributed by atoms with Crippen LogP contribution in [0.1, 0.15) is 12.0 Å². The van der Waals surface area contributed by atoms with E-state index < -0.39 is 12.0 Å². The van der Waals surface area contributed by atoms with Gasteiger partial charge in [0.1, 0.15) is 11.8 Å². The summed E-state index contributed by atoms with van der Waals surface area (Å²) in [6.45, 7) is 1.59. The number of methoxy groups -OCH3 is 1. The van der Waals surface area contributed by atoms with E-state index in [-0.39, 0.29) is 12.3 Å². The number of fused-ring (bicyclic) bond motifs is 1. The van der Waals surface area contributed by atoms with Crippen LogP contribution in [0.4, 0.5) is 0 Å². The normalized spacial score (nSPS) is 18.4. The molecular weight excluding hydrogens is 308 g/mol. The number of benzene rings is 2. The van der Waals surface area contributed by atoms with Crippen LogP contribution in [-0.2, 0) is 16.1 Å². The molecule has 2 aromatic carbocycles. The molecule has 0 radical (unpaired) electrons. The van der Waals surface area contributed by atoms with E-state index in [0.29, 0.717) is 19.6 Å². The fourth-order valence-corrected chi connectivity index (χ4v) is 3.21. The first kappa shape index (κ1) is 16.3. The van der Waals surface area contributed by atoms with Gasteiger partial charge in [0.2, 0.25) is 5.91 Å². The highest BCUT2D eigenvalue weighted by atomic mass is 16.5. The topological polar surface area (TPSA) is 78.9 Å². The highest BCUT2D eigenvalue weighted by Gasteiger charge is 2.32. The van der Waals surface area contributed by atoms with E-state index in [4.69, 9.17) is 9.84 Å². The molecule has 6 heteroatoms. The van der Waals surface area contributed by atoms with Gasteiger partial charge < -0.3 is 15.2 Å². The molecule has 1 aliphatic rings. The minimum absolute atomic E-state index is 0.209. The van der Waals surface area contributed by atoms with Crippen molar-refractivity contribution >= 4 is 22.6 Å². The quantitative estimate of drug-likeness (QED) is 0.872. The Morgan fingerprint density at radius 3 is 2.88 bits per heavy atom. The maximum absolute atomic E-state index is 12.1. The number of carbonyl (C=O) groups excluding carboxylic acids is 1. The Morgan fingerprint density at radius 1 is 1.33 bits per heavy atom. The molecule has 0 saturated carbocycles. The van der Waals surface area contributed by atoms with Crippen molar-refractivity contribution in [1.82, 2.24) is 10.2 Å². The van der Waals surface area contributed by atoms with Crippen LogP contribution in [0.2, 0.25) is 0 Å². The molecule has 24 heavy (non-hydrogen) atoms. The molecule has 1 heterocycles. The van der Waals surface area contributed by atoms with Crippen LogP contribution in [0, 0.1) is 0 Å². The molecule has 1 amide bonds. The van der Waals surface area contributed by atoms with E-state index in [2.05, 4.69) is 5.32 Å². The van der Waals surface area contributed by atoms with Crippen molar-refractivity contribution < 1.29 is 19.4 Å². The highest BCUT2D eigenvalue weighted by Crippen LogP contribution is 2.30. The first-order valence-corrected chi connectivity index (χ1v) is 7.88. The van der Waals surface area contributed by atoms with Gasteiger partial charge in [-0.05, 0) is 16.8 Å². The number of ether oxygens (including phenoxy) is 1. The molecule has 0 spiro atoms. The maximum Gasteiger partial charge on any atom is 0.305 e. The van der Waals surface area contributed by atoms with Gasteiger partial charge in [0.05, 0.1) is 13.5 Å². The summed E-state index contributed by atoms with van der Waals surface area (Å²) in [5.41, 5.74) is 0.973. The number of nitrogens with one attached hydrogen (secondary N) is 1. The largest absolute Gasteiger partial charge is 0.496 e. The molecule has 2 aromatic rings. The van der Waals surface area contributed by atoms with E-state index in [1.165, 1.54) is 0 Å². The average Bonchev–Trinajstić information content (AvgIpc) is 2.58. The van der Waals surface area contributed by atoms with E-state index in [0.717, 1.165) is 22.1 Å².